The summed E-state index contributed by atoms with van der Waals surface area (Å²) in [6, 6.07) is 1.47. The molecule has 2 rings (SSSR count). The van der Waals surface area contributed by atoms with Gasteiger partial charge in [-0.05, 0) is 12.1 Å². The van der Waals surface area contributed by atoms with E-state index >= 15 is 0 Å². The van der Waals surface area contributed by atoms with Crippen molar-refractivity contribution in [1.82, 2.24) is 4.98 Å². The zero-order valence-corrected chi connectivity index (χ0v) is 15.3. The molecule has 0 radical (unpaired) electrons. The van der Waals surface area contributed by atoms with Crippen LogP contribution in [0.1, 0.15) is 26.4 Å². The summed E-state index contributed by atoms with van der Waals surface area (Å²) in [5.74, 6) is -5.78. The molecule has 29 heavy (non-hydrogen) atoms. The number of rotatable bonds is 6. The van der Waals surface area contributed by atoms with Crippen LogP contribution < -0.4 is 0 Å². The Hall–Kier alpha value is -3.96. The number of nitro benzene ring substituents is 1. The van der Waals surface area contributed by atoms with Gasteiger partial charge in [-0.3, -0.25) is 14.9 Å². The molecule has 152 valence electrons. The Kier molecular flexibility index (Phi) is 6.16. The topological polar surface area (TPSA) is 152 Å². The van der Waals surface area contributed by atoms with Crippen LogP contribution in [-0.4, -0.2) is 54.9 Å². The van der Waals surface area contributed by atoms with Gasteiger partial charge in [0.25, 0.3) is 5.69 Å². The number of fused-ring (bicyclic) bond motifs is 1. The molecule has 0 bridgehead atoms. The van der Waals surface area contributed by atoms with Gasteiger partial charge in [-0.15, -0.1) is 0 Å². The van der Waals surface area contributed by atoms with Crippen LogP contribution in [0.2, 0.25) is 0 Å². The normalized spacial score (nSPS) is 10.3. The summed E-state index contributed by atoms with van der Waals surface area (Å²) in [6.07, 6.45) is -0.866. The minimum Gasteiger partial charge on any atom is -0.465 e. The van der Waals surface area contributed by atoms with Crippen molar-refractivity contribution in [2.75, 3.05) is 21.3 Å². The zero-order valence-electron chi connectivity index (χ0n) is 15.3. The van der Waals surface area contributed by atoms with Crippen molar-refractivity contribution in [2.24, 2.45) is 0 Å². The number of hydrogen-bond acceptors (Lipinski definition) is 10. The number of carbonyl (C=O) groups excluding carboxylic acids is 4. The molecule has 11 nitrogen and oxygen atoms in total. The third-order valence-electron chi connectivity index (χ3n) is 3.83. The monoisotopic (exact) mass is 408 g/mol. The van der Waals surface area contributed by atoms with Gasteiger partial charge < -0.3 is 14.2 Å². The second kappa shape index (κ2) is 8.37. The van der Waals surface area contributed by atoms with Crippen LogP contribution in [0.5, 0.6) is 0 Å². The third kappa shape index (κ3) is 4.00. The molecule has 1 aromatic heterocycles. The minimum atomic E-state index is -1.29. The molecule has 12 heteroatoms. The Morgan fingerprint density at radius 3 is 2.21 bits per heavy atom. The van der Waals surface area contributed by atoms with Crippen LogP contribution in [-0.2, 0) is 30.2 Å². The summed E-state index contributed by atoms with van der Waals surface area (Å²) in [5, 5.41) is 11.1. The minimum absolute atomic E-state index is 0.492. The molecular weight excluding hydrogens is 395 g/mol. The van der Waals surface area contributed by atoms with Gasteiger partial charge in [-0.2, -0.15) is 0 Å². The highest BCUT2D eigenvalue weighted by molar-refractivity contribution is 6.34. The molecule has 0 atom stereocenters. The lowest BCUT2D eigenvalue weighted by Gasteiger charge is -2.11. The van der Waals surface area contributed by atoms with E-state index in [4.69, 9.17) is 0 Å². The first-order chi connectivity index (χ1) is 13.7. The van der Waals surface area contributed by atoms with Crippen molar-refractivity contribution >= 4 is 40.3 Å². The number of hydrogen-bond donors (Lipinski definition) is 0. The maximum absolute atomic E-state index is 14.7. The molecule has 2 aromatic rings. The van der Waals surface area contributed by atoms with Crippen LogP contribution in [0, 0.1) is 15.9 Å². The van der Waals surface area contributed by atoms with Crippen molar-refractivity contribution in [1.29, 1.82) is 0 Å². The second-order valence-corrected chi connectivity index (χ2v) is 5.48. The zero-order chi connectivity index (χ0) is 21.9. The van der Waals surface area contributed by atoms with E-state index in [1.165, 1.54) is 0 Å². The maximum Gasteiger partial charge on any atom is 0.374 e. The first-order valence-corrected chi connectivity index (χ1v) is 7.74. The van der Waals surface area contributed by atoms with Gasteiger partial charge in [-0.25, -0.2) is 23.8 Å². The molecule has 0 aliphatic carbocycles. The Labute approximate surface area is 161 Å². The smallest absolute Gasteiger partial charge is 0.374 e. The fourth-order valence-corrected chi connectivity index (χ4v) is 2.59. The van der Waals surface area contributed by atoms with Crippen LogP contribution in [0.15, 0.2) is 12.1 Å². The number of nitrogens with zero attached hydrogens (tertiary/aromatic N) is 2. The Bertz CT molecular complexity index is 1060. The highest BCUT2D eigenvalue weighted by atomic mass is 19.1. The van der Waals surface area contributed by atoms with Crippen molar-refractivity contribution in [3.05, 3.63) is 44.9 Å². The standard InChI is InChI=1S/C17H13FN2O9/c1-27-15(22)8-6-10(16(23)28-2)19-13-9(18)4-7(5-11(21)17(24)29-3)14(12(8)13)20(25)26/h4,6H,5H2,1-3H3. The summed E-state index contributed by atoms with van der Waals surface area (Å²) < 4.78 is 28.0. The molecule has 0 N–H and O–H groups in total. The lowest BCUT2D eigenvalue weighted by molar-refractivity contribution is -0.383. The van der Waals surface area contributed by atoms with E-state index in [1.807, 2.05) is 0 Å². The molecule has 0 saturated heterocycles. The number of benzene rings is 1. The van der Waals surface area contributed by atoms with Crippen LogP contribution >= 0.6 is 0 Å². The van der Waals surface area contributed by atoms with E-state index in [0.29, 0.717) is 6.07 Å². The molecule has 1 heterocycles. The fraction of sp³-hybridized carbons (Fsp3) is 0.235. The summed E-state index contributed by atoms with van der Waals surface area (Å²) >= 11 is 0. The van der Waals surface area contributed by atoms with Gasteiger partial charge >= 0.3 is 17.9 Å². The number of aromatic nitrogens is 1. The van der Waals surface area contributed by atoms with Crippen LogP contribution in [0.3, 0.4) is 0 Å². The Morgan fingerprint density at radius 2 is 1.69 bits per heavy atom. The number of ketones is 1. The van der Waals surface area contributed by atoms with E-state index in [-0.39, 0.29) is 0 Å². The van der Waals surface area contributed by atoms with Crippen molar-refractivity contribution < 1.29 is 42.7 Å². The predicted molar refractivity (Wildman–Crippen MR) is 91.8 cm³/mol. The van der Waals surface area contributed by atoms with E-state index in [0.717, 1.165) is 27.4 Å². The lowest BCUT2D eigenvalue weighted by atomic mass is 9.98. The van der Waals surface area contributed by atoms with Crippen molar-refractivity contribution in [2.45, 2.75) is 6.42 Å². The number of esters is 3. The first kappa shape index (κ1) is 21.3. The molecule has 0 spiro atoms. The summed E-state index contributed by atoms with van der Waals surface area (Å²) in [5.41, 5.74) is -3.06. The second-order valence-electron chi connectivity index (χ2n) is 5.48. The number of carbonyl (C=O) groups is 4. The third-order valence-corrected chi connectivity index (χ3v) is 3.83. The number of Topliss-reactive ketones (excluding diaryl/α,β-unsaturated/α-hetero) is 1. The first-order valence-electron chi connectivity index (χ1n) is 7.74. The largest absolute Gasteiger partial charge is 0.465 e. The average molecular weight is 408 g/mol. The van der Waals surface area contributed by atoms with Crippen LogP contribution in [0.4, 0.5) is 10.1 Å². The van der Waals surface area contributed by atoms with Crippen molar-refractivity contribution in [3.63, 3.8) is 0 Å². The number of nitro groups is 1. The highest BCUT2D eigenvalue weighted by Crippen LogP contribution is 2.35. The number of methoxy groups -OCH3 is 3. The van der Waals surface area contributed by atoms with Gasteiger partial charge in [-0.1, -0.05) is 0 Å². The summed E-state index contributed by atoms with van der Waals surface area (Å²) in [7, 11) is 2.93. The molecule has 0 aliphatic heterocycles. The Morgan fingerprint density at radius 1 is 1.07 bits per heavy atom. The van der Waals surface area contributed by atoms with Gasteiger partial charge in [0.1, 0.15) is 17.0 Å². The van der Waals surface area contributed by atoms with Gasteiger partial charge in [0.2, 0.25) is 5.78 Å². The van der Waals surface area contributed by atoms with Gasteiger partial charge in [0.15, 0.2) is 0 Å². The lowest BCUT2D eigenvalue weighted by Crippen LogP contribution is -2.19. The molecular formula is C17H13FN2O9. The SMILES string of the molecule is COC(=O)C(=O)Cc1cc(F)c2nc(C(=O)OC)cc(C(=O)OC)c2c1[N+](=O)[O-]. The number of pyridine rings is 1. The number of ether oxygens (including phenoxy) is 3. The Balaban J connectivity index is 2.93. The molecule has 1 aromatic carbocycles. The number of halogens is 1. The van der Waals surface area contributed by atoms with E-state index in [1.54, 1.807) is 0 Å². The van der Waals surface area contributed by atoms with Gasteiger partial charge in [0.05, 0.1) is 37.2 Å². The molecule has 0 saturated carbocycles. The van der Waals surface area contributed by atoms with E-state index in [9.17, 15) is 33.7 Å². The van der Waals surface area contributed by atoms with Crippen LogP contribution in [0.25, 0.3) is 10.9 Å². The van der Waals surface area contributed by atoms with E-state index in [2.05, 4.69) is 19.2 Å². The fourth-order valence-electron chi connectivity index (χ4n) is 2.59. The predicted octanol–water partition coefficient (Wildman–Crippen LogP) is 1.14. The average Bonchev–Trinajstić information content (AvgIpc) is 2.70. The molecule has 0 unspecified atom stereocenters. The highest BCUT2D eigenvalue weighted by Gasteiger charge is 2.31. The molecule has 0 amide bonds. The summed E-state index contributed by atoms with van der Waals surface area (Å²) in [4.78, 5) is 61.6. The quantitative estimate of drug-likeness (QED) is 0.224. The summed E-state index contributed by atoms with van der Waals surface area (Å²) in [6.45, 7) is 0. The van der Waals surface area contributed by atoms with E-state index < -0.39 is 74.3 Å². The molecule has 0 fully saturated rings. The molecule has 0 aliphatic rings. The van der Waals surface area contributed by atoms with Gasteiger partial charge in [0, 0.05) is 12.0 Å². The van der Waals surface area contributed by atoms with Crippen molar-refractivity contribution in [3.8, 4) is 0 Å². The maximum atomic E-state index is 14.7.